The van der Waals surface area contributed by atoms with E-state index in [-0.39, 0.29) is 17.7 Å². The van der Waals surface area contributed by atoms with Crippen molar-refractivity contribution in [1.82, 2.24) is 0 Å². The predicted octanol–water partition coefficient (Wildman–Crippen LogP) is 4.57. The fraction of sp³-hybridized carbons (Fsp3) is 0.0968. The Hall–Kier alpha value is -4.84. The average Bonchev–Trinajstić information content (AvgIpc) is 2.90. The van der Waals surface area contributed by atoms with Crippen molar-refractivity contribution in [2.24, 2.45) is 0 Å². The summed E-state index contributed by atoms with van der Waals surface area (Å²) < 4.78 is 11.7. The van der Waals surface area contributed by atoms with Crippen LogP contribution in [-0.4, -0.2) is 31.1 Å². The van der Waals surface area contributed by atoms with Gasteiger partial charge in [-0.25, -0.2) is 9.59 Å². The molecule has 1 aliphatic heterocycles. The lowest BCUT2D eigenvalue weighted by Crippen LogP contribution is -2.22. The van der Waals surface area contributed by atoms with E-state index in [1.807, 2.05) is 85.7 Å². The molecule has 0 saturated heterocycles. The van der Waals surface area contributed by atoms with Crippen molar-refractivity contribution < 1.29 is 24.2 Å². The normalized spacial score (nSPS) is 11.7. The maximum Gasteiger partial charge on any atom is 0.339 e. The van der Waals surface area contributed by atoms with Gasteiger partial charge in [0, 0.05) is 42.2 Å². The highest BCUT2D eigenvalue weighted by Gasteiger charge is 2.28. The molecule has 1 N–H and O–H groups in total. The van der Waals surface area contributed by atoms with Gasteiger partial charge < -0.3 is 19.5 Å². The first-order chi connectivity index (χ1) is 17.8. The molecule has 1 aliphatic rings. The van der Waals surface area contributed by atoms with Crippen LogP contribution in [0, 0.1) is 0 Å². The smallest absolute Gasteiger partial charge is 0.339 e. The molecular weight excluding hydrogens is 466 g/mol. The maximum absolute atomic E-state index is 13.1. The Morgan fingerprint density at radius 2 is 1.68 bits per heavy atom. The molecule has 0 amide bonds. The van der Waals surface area contributed by atoms with Crippen LogP contribution in [0.15, 0.2) is 84.9 Å². The van der Waals surface area contributed by atoms with Gasteiger partial charge in [0.1, 0.15) is 18.1 Å². The number of aromatic carboxylic acids is 1. The Balaban J connectivity index is 1.69. The number of hydrogen-bond acceptors (Lipinski definition) is 5. The van der Waals surface area contributed by atoms with E-state index in [1.54, 1.807) is 12.1 Å². The number of hydrogen-bond donors (Lipinski definition) is 1. The van der Waals surface area contributed by atoms with Gasteiger partial charge in [-0.3, -0.25) is 0 Å². The molecule has 0 bridgehead atoms. The number of benzene rings is 4. The van der Waals surface area contributed by atoms with Crippen LogP contribution in [0.3, 0.4) is 0 Å². The minimum absolute atomic E-state index is 0.0123. The number of carboxylic acids is 1. The van der Waals surface area contributed by atoms with Gasteiger partial charge in [-0.2, -0.15) is 0 Å². The number of ether oxygens (including phenoxy) is 2. The molecule has 0 fully saturated rings. The average molecular weight is 492 g/mol. The van der Waals surface area contributed by atoms with Crippen LogP contribution < -0.4 is 20.1 Å². The molecule has 6 heteroatoms. The number of carboxylic acid groups (broad SMARTS) is 1. The second-order valence-electron chi connectivity index (χ2n) is 8.98. The van der Waals surface area contributed by atoms with Crippen molar-refractivity contribution in [2.45, 2.75) is 6.61 Å². The van der Waals surface area contributed by atoms with Crippen LogP contribution in [0.2, 0.25) is 0 Å². The van der Waals surface area contributed by atoms with E-state index in [0.29, 0.717) is 22.6 Å². The fourth-order valence-electron chi connectivity index (χ4n) is 4.45. The van der Waals surface area contributed by atoms with Gasteiger partial charge in [0.25, 0.3) is 0 Å². The van der Waals surface area contributed by atoms with Crippen LogP contribution in [0.25, 0.3) is 12.2 Å². The Kier molecular flexibility index (Phi) is 6.24. The van der Waals surface area contributed by atoms with Crippen molar-refractivity contribution in [3.63, 3.8) is 0 Å². The Morgan fingerprint density at radius 3 is 2.41 bits per heavy atom. The molecule has 184 valence electrons. The second-order valence-corrected chi connectivity index (χ2v) is 8.98. The van der Waals surface area contributed by atoms with Crippen molar-refractivity contribution in [3.8, 4) is 11.5 Å². The van der Waals surface area contributed by atoms with E-state index in [0.717, 1.165) is 27.3 Å². The summed E-state index contributed by atoms with van der Waals surface area (Å²) in [5.74, 6) is -0.762. The number of esters is 1. The van der Waals surface area contributed by atoms with Crippen LogP contribution in [0.5, 0.6) is 11.5 Å². The minimum Gasteiger partial charge on any atom is -0.478 e. The molecule has 0 aliphatic carbocycles. The van der Waals surface area contributed by atoms with E-state index in [4.69, 9.17) is 9.47 Å². The molecule has 1 heterocycles. The monoisotopic (exact) mass is 491 g/mol. The van der Waals surface area contributed by atoms with Gasteiger partial charge in [-0.05, 0) is 40.6 Å². The van der Waals surface area contributed by atoms with Crippen molar-refractivity contribution >= 4 is 29.8 Å². The Bertz CT molecular complexity index is 1640. The summed E-state index contributed by atoms with van der Waals surface area (Å²) in [6, 6.07) is 25.4. The topological polar surface area (TPSA) is 76.1 Å². The number of carbonyl (C=O) groups is 2. The largest absolute Gasteiger partial charge is 0.478 e. The van der Waals surface area contributed by atoms with Crippen molar-refractivity contribution in [3.05, 3.63) is 123 Å². The first-order valence-corrected chi connectivity index (χ1v) is 11.7. The predicted molar refractivity (Wildman–Crippen MR) is 143 cm³/mol. The van der Waals surface area contributed by atoms with Crippen LogP contribution in [0.1, 0.15) is 37.4 Å². The van der Waals surface area contributed by atoms with Gasteiger partial charge in [0.05, 0.1) is 11.1 Å². The zero-order valence-electron chi connectivity index (χ0n) is 20.5. The molecule has 0 unspecified atom stereocenters. The van der Waals surface area contributed by atoms with E-state index in [1.165, 1.54) is 6.07 Å². The zero-order chi connectivity index (χ0) is 26.1. The number of nitrogens with zero attached hydrogens (tertiary/aromatic N) is 1. The second kappa shape index (κ2) is 9.66. The summed E-state index contributed by atoms with van der Waals surface area (Å²) in [6.07, 6.45) is 0. The maximum atomic E-state index is 13.1. The summed E-state index contributed by atoms with van der Waals surface area (Å²) in [5.41, 5.74) is 3.41. The molecule has 6 nitrogen and oxygen atoms in total. The molecule has 0 atom stereocenters. The third-order valence-corrected chi connectivity index (χ3v) is 6.27. The van der Waals surface area contributed by atoms with Crippen molar-refractivity contribution in [1.29, 1.82) is 0 Å². The molecule has 0 aromatic heterocycles. The highest BCUT2D eigenvalue weighted by atomic mass is 16.5. The third kappa shape index (κ3) is 4.57. The molecule has 37 heavy (non-hydrogen) atoms. The number of fused-ring (bicyclic) bond motifs is 2. The summed E-state index contributed by atoms with van der Waals surface area (Å²) in [4.78, 5) is 27.7. The highest BCUT2D eigenvalue weighted by molar-refractivity contribution is 6.07. The zero-order valence-corrected chi connectivity index (χ0v) is 20.5. The molecule has 5 rings (SSSR count). The van der Waals surface area contributed by atoms with Gasteiger partial charge in [-0.1, -0.05) is 61.2 Å². The van der Waals surface area contributed by atoms with Gasteiger partial charge in [0.2, 0.25) is 0 Å². The SMILES string of the molecule is C=c1ccc2c(c1)Oc1cc(N(C)C)ccc1C=2c1cccc(C(=O)OCc2ccccc2)c1C(=O)O. The van der Waals surface area contributed by atoms with E-state index >= 15 is 0 Å². The molecule has 0 radical (unpaired) electrons. The van der Waals surface area contributed by atoms with E-state index in [2.05, 4.69) is 6.58 Å². The molecule has 4 aromatic carbocycles. The summed E-state index contributed by atoms with van der Waals surface area (Å²) in [7, 11) is 3.87. The number of carbonyl (C=O) groups excluding carboxylic acids is 1. The van der Waals surface area contributed by atoms with Crippen LogP contribution in [0.4, 0.5) is 5.69 Å². The van der Waals surface area contributed by atoms with Crippen LogP contribution in [-0.2, 0) is 11.3 Å². The quantitative estimate of drug-likeness (QED) is 0.351. The first-order valence-electron chi connectivity index (χ1n) is 11.7. The van der Waals surface area contributed by atoms with Gasteiger partial charge >= 0.3 is 11.9 Å². The molecular formula is C31H25NO5. The standard InChI is InChI=1S/C31H25NO5/c1-19-12-14-22-26(16-19)37-27-17-21(32(2)3)13-15-23(27)28(22)24-10-7-11-25(29(24)30(33)34)31(35)36-18-20-8-5-4-6-9-20/h4-17H,1,18H2,2-3H3,(H,33,34). The molecule has 0 saturated carbocycles. The van der Waals surface area contributed by atoms with Crippen molar-refractivity contribution in [2.75, 3.05) is 19.0 Å². The highest BCUT2D eigenvalue weighted by Crippen LogP contribution is 2.39. The Morgan fingerprint density at radius 1 is 0.892 bits per heavy atom. The summed E-state index contributed by atoms with van der Waals surface area (Å²) >= 11 is 0. The summed E-state index contributed by atoms with van der Waals surface area (Å²) in [6.45, 7) is 4.04. The third-order valence-electron chi connectivity index (χ3n) is 6.27. The van der Waals surface area contributed by atoms with E-state index in [9.17, 15) is 14.7 Å². The first kappa shape index (κ1) is 23.9. The molecule has 0 spiro atoms. The lowest BCUT2D eigenvalue weighted by atomic mass is 9.87. The lowest BCUT2D eigenvalue weighted by Gasteiger charge is -2.24. The fourth-order valence-corrected chi connectivity index (χ4v) is 4.45. The lowest BCUT2D eigenvalue weighted by molar-refractivity contribution is 0.0463. The van der Waals surface area contributed by atoms with Gasteiger partial charge in [-0.15, -0.1) is 0 Å². The van der Waals surface area contributed by atoms with Crippen LogP contribution >= 0.6 is 0 Å². The Labute approximate surface area is 214 Å². The van der Waals surface area contributed by atoms with E-state index < -0.39 is 11.9 Å². The van der Waals surface area contributed by atoms with Gasteiger partial charge in [0.15, 0.2) is 0 Å². The minimum atomic E-state index is -1.22. The number of rotatable bonds is 6. The number of anilines is 1. The summed E-state index contributed by atoms with van der Waals surface area (Å²) in [5, 5.41) is 11.8. The molecule has 4 aromatic rings.